The van der Waals surface area contributed by atoms with Gasteiger partial charge in [0.2, 0.25) is 6.29 Å². The summed E-state index contributed by atoms with van der Waals surface area (Å²) in [7, 11) is 0. The van der Waals surface area contributed by atoms with Crippen molar-refractivity contribution in [2.45, 2.75) is 184 Å². The molecule has 0 amide bonds. The minimum absolute atomic E-state index is 0.0176. The van der Waals surface area contributed by atoms with Crippen molar-refractivity contribution in [2.75, 3.05) is 6.61 Å². The molecule has 9 aliphatic rings. The van der Waals surface area contributed by atoms with Crippen molar-refractivity contribution in [1.29, 1.82) is 0 Å². The second-order valence-electron chi connectivity index (χ2n) is 19.6. The molecule has 0 aromatic heterocycles. The number of esters is 3. The first-order valence-corrected chi connectivity index (χ1v) is 20.3. The fraction of sp³-hybridized carbons (Fsp3) is 0.927. The highest BCUT2D eigenvalue weighted by atomic mass is 16.7. The van der Waals surface area contributed by atoms with E-state index in [2.05, 4.69) is 20.8 Å². The minimum atomic E-state index is -1.07. The van der Waals surface area contributed by atoms with Crippen LogP contribution in [0.5, 0.6) is 0 Å². The zero-order valence-electron chi connectivity index (χ0n) is 31.8. The van der Waals surface area contributed by atoms with Gasteiger partial charge >= 0.3 is 17.9 Å². The van der Waals surface area contributed by atoms with Crippen molar-refractivity contribution in [1.82, 2.24) is 0 Å². The Bertz CT molecular complexity index is 1320. The van der Waals surface area contributed by atoms with Crippen molar-refractivity contribution < 1.29 is 48.7 Å². The monoisotopic (exact) mass is 716 g/mol. The summed E-state index contributed by atoms with van der Waals surface area (Å²) in [6.07, 6.45) is 10.6. The summed E-state index contributed by atoms with van der Waals surface area (Å²) in [5.74, 6) is -2.40. The van der Waals surface area contributed by atoms with Crippen LogP contribution in [0.3, 0.4) is 0 Å². The number of carbonyl (C=O) groups excluding carboxylic acids is 3. The van der Waals surface area contributed by atoms with Gasteiger partial charge in [0.1, 0.15) is 11.2 Å². The highest BCUT2D eigenvalue weighted by Crippen LogP contribution is 2.67. The fourth-order valence-electron chi connectivity index (χ4n) is 13.2. The van der Waals surface area contributed by atoms with Gasteiger partial charge in [-0.15, -0.1) is 0 Å². The van der Waals surface area contributed by atoms with Gasteiger partial charge in [0.15, 0.2) is 0 Å². The van der Waals surface area contributed by atoms with Gasteiger partial charge in [0, 0.05) is 31.1 Å². The molecule has 1 saturated heterocycles. The van der Waals surface area contributed by atoms with E-state index in [1.54, 1.807) is 6.92 Å². The van der Waals surface area contributed by atoms with Crippen molar-refractivity contribution >= 4 is 17.9 Å². The number of rotatable bonds is 13. The van der Waals surface area contributed by atoms with Crippen molar-refractivity contribution in [3.63, 3.8) is 0 Å². The highest BCUT2D eigenvalue weighted by molar-refractivity contribution is 5.78. The van der Waals surface area contributed by atoms with Crippen LogP contribution in [-0.2, 0) is 33.3 Å². The van der Waals surface area contributed by atoms with Crippen LogP contribution in [0.2, 0.25) is 0 Å². The quantitative estimate of drug-likeness (QED) is 0.150. The zero-order valence-corrected chi connectivity index (χ0v) is 31.8. The maximum Gasteiger partial charge on any atom is 0.310 e. The van der Waals surface area contributed by atoms with E-state index >= 15 is 0 Å². The third-order valence-electron chi connectivity index (χ3n) is 14.9. The van der Waals surface area contributed by atoms with Crippen LogP contribution in [-0.4, -0.2) is 74.1 Å². The van der Waals surface area contributed by atoms with E-state index in [-0.39, 0.29) is 48.9 Å². The average molecular weight is 717 g/mol. The molecular formula is C41H64O10. The number of carbonyl (C=O) groups is 3. The van der Waals surface area contributed by atoms with Gasteiger partial charge in [-0.25, -0.2) is 0 Å². The van der Waals surface area contributed by atoms with Crippen LogP contribution >= 0.6 is 0 Å². The first-order valence-electron chi connectivity index (χ1n) is 20.3. The van der Waals surface area contributed by atoms with Gasteiger partial charge in [-0.3, -0.25) is 14.4 Å². The largest absolute Gasteiger partial charge is 0.459 e. The molecule has 51 heavy (non-hydrogen) atoms. The van der Waals surface area contributed by atoms with Crippen LogP contribution in [0.25, 0.3) is 0 Å². The van der Waals surface area contributed by atoms with Crippen molar-refractivity contribution in [3.05, 3.63) is 0 Å². The van der Waals surface area contributed by atoms with Crippen LogP contribution in [0.4, 0.5) is 0 Å². The molecule has 9 fully saturated rings. The zero-order chi connectivity index (χ0) is 36.6. The SMILES string of the molecule is CCC(CC(CC(C)C(=O)OC1CCCCO1)C(=O)OC12CC3CC(O)(CC(O)(C3)C1)C2)C(=O)OC(C)(C(C)C)C12CC3CC(CC(O)(C3)C1)C2. The molecule has 9 unspecified atom stereocenters. The molecule has 8 saturated carbocycles. The van der Waals surface area contributed by atoms with E-state index in [0.717, 1.165) is 44.9 Å². The topological polar surface area (TPSA) is 149 Å². The summed E-state index contributed by atoms with van der Waals surface area (Å²) in [6.45, 7) is 10.5. The summed E-state index contributed by atoms with van der Waals surface area (Å²) in [4.78, 5) is 42.1. The molecule has 3 N–H and O–H groups in total. The third-order valence-corrected chi connectivity index (χ3v) is 14.9. The molecule has 1 aliphatic heterocycles. The summed E-state index contributed by atoms with van der Waals surface area (Å²) in [5, 5.41) is 34.3. The van der Waals surface area contributed by atoms with E-state index in [0.29, 0.717) is 63.4 Å². The molecule has 8 aliphatic carbocycles. The Morgan fingerprint density at radius 1 is 0.765 bits per heavy atom. The lowest BCUT2D eigenvalue weighted by molar-refractivity contribution is -0.263. The van der Waals surface area contributed by atoms with Gasteiger partial charge in [0.25, 0.3) is 0 Å². The summed E-state index contributed by atoms with van der Waals surface area (Å²) < 4.78 is 24.4. The lowest BCUT2D eigenvalue weighted by Gasteiger charge is -2.65. The molecule has 9 atom stereocenters. The van der Waals surface area contributed by atoms with Gasteiger partial charge in [-0.2, -0.15) is 0 Å². The maximum atomic E-state index is 14.4. The molecule has 0 radical (unpaired) electrons. The molecule has 1 heterocycles. The summed E-state index contributed by atoms with van der Waals surface area (Å²) >= 11 is 0. The smallest absolute Gasteiger partial charge is 0.310 e. The number of aliphatic hydroxyl groups is 3. The standard InChI is InChI=1S/C41H64O10/c1-6-30(34(43)50-36(5,25(2)3)37-14-27-12-28(15-37)17-38(45,16-27)21-37)13-31(11-26(4)33(42)49-32-9-7-8-10-48-32)35(44)51-41-20-29-18-39(46,23-41)22-40(47,19-29)24-41/h25-32,45-47H,6-24H2,1-5H3. The molecule has 10 nitrogen and oxygen atoms in total. The highest BCUT2D eigenvalue weighted by Gasteiger charge is 2.66. The van der Waals surface area contributed by atoms with Crippen molar-refractivity contribution in [3.8, 4) is 0 Å². The fourth-order valence-corrected chi connectivity index (χ4v) is 13.2. The number of hydrogen-bond acceptors (Lipinski definition) is 10. The van der Waals surface area contributed by atoms with E-state index < -0.39 is 64.0 Å². The molecule has 0 aromatic carbocycles. The second kappa shape index (κ2) is 13.2. The Morgan fingerprint density at radius 2 is 1.41 bits per heavy atom. The molecule has 8 bridgehead atoms. The molecular weight excluding hydrogens is 652 g/mol. The van der Waals surface area contributed by atoms with E-state index in [1.807, 2.05) is 6.92 Å². The Hall–Kier alpha value is -1.75. The predicted octanol–water partition coefficient (Wildman–Crippen LogP) is 6.15. The molecule has 0 aromatic rings. The molecule has 0 spiro atoms. The summed E-state index contributed by atoms with van der Waals surface area (Å²) in [5.41, 5.74) is -4.90. The van der Waals surface area contributed by atoms with Crippen LogP contribution in [0.1, 0.15) is 150 Å². The van der Waals surface area contributed by atoms with Crippen molar-refractivity contribution in [2.24, 2.45) is 46.8 Å². The van der Waals surface area contributed by atoms with Gasteiger partial charge < -0.3 is 34.3 Å². The Kier molecular flexibility index (Phi) is 9.74. The summed E-state index contributed by atoms with van der Waals surface area (Å²) in [6, 6.07) is 0. The van der Waals surface area contributed by atoms with Gasteiger partial charge in [0.05, 0.1) is 41.2 Å². The van der Waals surface area contributed by atoms with Crippen LogP contribution in [0.15, 0.2) is 0 Å². The van der Waals surface area contributed by atoms with E-state index in [1.165, 1.54) is 0 Å². The third kappa shape index (κ3) is 7.14. The lowest BCUT2D eigenvalue weighted by atomic mass is 9.43. The first-order chi connectivity index (χ1) is 23.9. The second-order valence-corrected chi connectivity index (χ2v) is 19.6. The minimum Gasteiger partial charge on any atom is -0.459 e. The number of hydrogen-bond donors (Lipinski definition) is 3. The van der Waals surface area contributed by atoms with Gasteiger partial charge in [-0.05, 0) is 120 Å². The molecule has 9 rings (SSSR count). The lowest BCUT2D eigenvalue weighted by Crippen LogP contribution is -2.67. The van der Waals surface area contributed by atoms with E-state index in [4.69, 9.17) is 18.9 Å². The normalized spacial score (nSPS) is 43.7. The van der Waals surface area contributed by atoms with Crippen LogP contribution < -0.4 is 0 Å². The first kappa shape index (κ1) is 37.6. The predicted molar refractivity (Wildman–Crippen MR) is 187 cm³/mol. The average Bonchev–Trinajstić information content (AvgIpc) is 2.99. The van der Waals surface area contributed by atoms with Gasteiger partial charge in [-0.1, -0.05) is 27.7 Å². The molecule has 288 valence electrons. The van der Waals surface area contributed by atoms with Crippen LogP contribution in [0, 0.1) is 46.8 Å². The Balaban J connectivity index is 1.10. The van der Waals surface area contributed by atoms with E-state index in [9.17, 15) is 29.7 Å². The Labute approximate surface area is 304 Å². The Morgan fingerprint density at radius 3 is 1.96 bits per heavy atom. The maximum absolute atomic E-state index is 14.4. The number of ether oxygens (including phenoxy) is 4. The molecule has 10 heteroatoms.